The van der Waals surface area contributed by atoms with Crippen LogP contribution < -0.4 is 11.1 Å². The first-order chi connectivity index (χ1) is 8.70. The van der Waals surface area contributed by atoms with Gasteiger partial charge in [0.2, 0.25) is 0 Å². The van der Waals surface area contributed by atoms with Crippen molar-refractivity contribution in [1.29, 1.82) is 0 Å². The van der Waals surface area contributed by atoms with Crippen molar-refractivity contribution in [2.45, 2.75) is 31.7 Å². The Kier molecular flexibility index (Phi) is 5.31. The third-order valence-electron chi connectivity index (χ3n) is 3.74. The number of rotatable bonds is 6. The molecule has 0 spiro atoms. The zero-order valence-corrected chi connectivity index (χ0v) is 12.0. The largest absolute Gasteiger partial charge is 0.329 e. The molecule has 0 aromatic heterocycles. The predicted molar refractivity (Wildman–Crippen MR) is 78.2 cm³/mol. The van der Waals surface area contributed by atoms with Crippen LogP contribution in [0.15, 0.2) is 18.2 Å². The summed E-state index contributed by atoms with van der Waals surface area (Å²) in [6.07, 6.45) is 5.39. The van der Waals surface area contributed by atoms with E-state index in [1.165, 1.54) is 25.7 Å². The van der Waals surface area contributed by atoms with Gasteiger partial charge >= 0.3 is 0 Å². The molecule has 1 fully saturated rings. The van der Waals surface area contributed by atoms with Crippen LogP contribution in [0.25, 0.3) is 0 Å². The lowest BCUT2D eigenvalue weighted by Crippen LogP contribution is -2.31. The summed E-state index contributed by atoms with van der Waals surface area (Å²) in [6.45, 7) is 1.53. The van der Waals surface area contributed by atoms with Gasteiger partial charge in [0, 0.05) is 22.6 Å². The van der Waals surface area contributed by atoms with Crippen molar-refractivity contribution in [3.05, 3.63) is 33.8 Å². The van der Waals surface area contributed by atoms with E-state index < -0.39 is 0 Å². The molecule has 1 aromatic rings. The molecule has 18 heavy (non-hydrogen) atoms. The molecule has 4 heteroatoms. The topological polar surface area (TPSA) is 38.0 Å². The Labute approximate surface area is 119 Å². The van der Waals surface area contributed by atoms with Gasteiger partial charge in [-0.05, 0) is 42.6 Å². The molecule has 1 aliphatic carbocycles. The van der Waals surface area contributed by atoms with Crippen LogP contribution in [0.2, 0.25) is 10.0 Å². The number of nitrogens with two attached hydrogens (primary N) is 1. The smallest absolute Gasteiger partial charge is 0.0459 e. The fraction of sp³-hybridized carbons (Fsp3) is 0.571. The second kappa shape index (κ2) is 6.76. The first-order valence-electron chi connectivity index (χ1n) is 6.59. The summed E-state index contributed by atoms with van der Waals surface area (Å²) in [4.78, 5) is 0. The second-order valence-corrected chi connectivity index (χ2v) is 5.84. The summed E-state index contributed by atoms with van der Waals surface area (Å²) in [5.74, 6) is 0.908. The molecule has 3 N–H and O–H groups in total. The van der Waals surface area contributed by atoms with Crippen LogP contribution in [0.5, 0.6) is 0 Å². The summed E-state index contributed by atoms with van der Waals surface area (Å²) in [6, 6.07) is 5.62. The molecule has 0 radical (unpaired) electrons. The number of hydrogen-bond donors (Lipinski definition) is 2. The van der Waals surface area contributed by atoms with E-state index in [0.717, 1.165) is 23.0 Å². The highest BCUT2D eigenvalue weighted by molar-refractivity contribution is 6.33. The van der Waals surface area contributed by atoms with Crippen molar-refractivity contribution in [2.75, 3.05) is 13.1 Å². The standard InChI is InChI=1S/C14H20Cl2N2/c15-11-4-5-13(16)12(8-11)14(9-17)18-7-6-10-2-1-3-10/h4-5,8,10,14,18H,1-3,6-7,9,17H2. The van der Waals surface area contributed by atoms with Gasteiger partial charge in [0.25, 0.3) is 0 Å². The maximum atomic E-state index is 6.20. The fourth-order valence-electron chi connectivity index (χ4n) is 2.35. The maximum Gasteiger partial charge on any atom is 0.0459 e. The summed E-state index contributed by atoms with van der Waals surface area (Å²) < 4.78 is 0. The van der Waals surface area contributed by atoms with Crippen molar-refractivity contribution in [1.82, 2.24) is 5.32 Å². The van der Waals surface area contributed by atoms with E-state index in [4.69, 9.17) is 28.9 Å². The minimum atomic E-state index is 0.0938. The first kappa shape index (κ1) is 14.1. The number of halogens is 2. The highest BCUT2D eigenvalue weighted by Crippen LogP contribution is 2.30. The molecule has 1 unspecified atom stereocenters. The van der Waals surface area contributed by atoms with E-state index in [1.54, 1.807) is 6.07 Å². The van der Waals surface area contributed by atoms with Crippen LogP contribution in [-0.4, -0.2) is 13.1 Å². The quantitative estimate of drug-likeness (QED) is 0.835. The Morgan fingerprint density at radius 1 is 1.33 bits per heavy atom. The van der Waals surface area contributed by atoms with Crippen LogP contribution >= 0.6 is 23.2 Å². The summed E-state index contributed by atoms with van der Waals surface area (Å²) in [5, 5.41) is 4.92. The zero-order chi connectivity index (χ0) is 13.0. The van der Waals surface area contributed by atoms with Crippen molar-refractivity contribution in [3.63, 3.8) is 0 Å². The van der Waals surface area contributed by atoms with Crippen LogP contribution in [-0.2, 0) is 0 Å². The molecule has 0 saturated heterocycles. The first-order valence-corrected chi connectivity index (χ1v) is 7.34. The SMILES string of the molecule is NCC(NCCC1CCC1)c1cc(Cl)ccc1Cl. The Morgan fingerprint density at radius 3 is 2.72 bits per heavy atom. The molecule has 2 rings (SSSR count). The van der Waals surface area contributed by atoms with E-state index in [2.05, 4.69) is 5.32 Å². The van der Waals surface area contributed by atoms with E-state index in [1.807, 2.05) is 12.1 Å². The molecule has 0 bridgehead atoms. The van der Waals surface area contributed by atoms with Gasteiger partial charge in [0.1, 0.15) is 0 Å². The van der Waals surface area contributed by atoms with Gasteiger partial charge < -0.3 is 11.1 Å². The average molecular weight is 287 g/mol. The number of nitrogens with one attached hydrogen (secondary N) is 1. The maximum absolute atomic E-state index is 6.20. The summed E-state index contributed by atoms with van der Waals surface area (Å²) in [7, 11) is 0. The molecule has 2 nitrogen and oxygen atoms in total. The molecule has 100 valence electrons. The molecule has 0 heterocycles. The fourth-order valence-corrected chi connectivity index (χ4v) is 2.77. The average Bonchev–Trinajstić information content (AvgIpc) is 2.31. The Balaban J connectivity index is 1.91. The lowest BCUT2D eigenvalue weighted by molar-refractivity contribution is 0.288. The zero-order valence-electron chi connectivity index (χ0n) is 10.5. The lowest BCUT2D eigenvalue weighted by Gasteiger charge is -2.26. The van der Waals surface area contributed by atoms with Gasteiger partial charge in [-0.15, -0.1) is 0 Å². The highest BCUT2D eigenvalue weighted by Gasteiger charge is 2.18. The van der Waals surface area contributed by atoms with Gasteiger partial charge in [-0.2, -0.15) is 0 Å². The van der Waals surface area contributed by atoms with Crippen LogP contribution in [0.3, 0.4) is 0 Å². The molecular formula is C14H20Cl2N2. The summed E-state index contributed by atoms with van der Waals surface area (Å²) in [5.41, 5.74) is 6.82. The Morgan fingerprint density at radius 2 is 2.11 bits per heavy atom. The number of benzene rings is 1. The molecule has 1 aliphatic rings. The van der Waals surface area contributed by atoms with E-state index in [0.29, 0.717) is 11.6 Å². The third kappa shape index (κ3) is 3.61. The Bertz CT molecular complexity index is 391. The van der Waals surface area contributed by atoms with E-state index >= 15 is 0 Å². The monoisotopic (exact) mass is 286 g/mol. The van der Waals surface area contributed by atoms with Crippen molar-refractivity contribution in [2.24, 2.45) is 11.7 Å². The molecule has 0 amide bonds. The lowest BCUT2D eigenvalue weighted by atomic mass is 9.83. The molecule has 1 saturated carbocycles. The summed E-state index contributed by atoms with van der Waals surface area (Å²) >= 11 is 12.2. The minimum absolute atomic E-state index is 0.0938. The number of hydrogen-bond acceptors (Lipinski definition) is 2. The molecule has 1 atom stereocenters. The van der Waals surface area contributed by atoms with Crippen molar-refractivity contribution >= 4 is 23.2 Å². The normalized spacial score (nSPS) is 17.5. The van der Waals surface area contributed by atoms with Gasteiger partial charge in [-0.3, -0.25) is 0 Å². The van der Waals surface area contributed by atoms with Gasteiger partial charge in [-0.1, -0.05) is 42.5 Å². The second-order valence-electron chi connectivity index (χ2n) is 4.99. The van der Waals surface area contributed by atoms with Crippen molar-refractivity contribution in [3.8, 4) is 0 Å². The molecule has 1 aromatic carbocycles. The van der Waals surface area contributed by atoms with Crippen LogP contribution in [0, 0.1) is 5.92 Å². The van der Waals surface area contributed by atoms with E-state index in [9.17, 15) is 0 Å². The molecule has 0 aliphatic heterocycles. The van der Waals surface area contributed by atoms with Crippen molar-refractivity contribution < 1.29 is 0 Å². The predicted octanol–water partition coefficient (Wildman–Crippen LogP) is 3.77. The molecular weight excluding hydrogens is 267 g/mol. The van der Waals surface area contributed by atoms with E-state index in [-0.39, 0.29) is 6.04 Å². The minimum Gasteiger partial charge on any atom is -0.329 e. The highest BCUT2D eigenvalue weighted by atomic mass is 35.5. The van der Waals surface area contributed by atoms with Gasteiger partial charge in [-0.25, -0.2) is 0 Å². The van der Waals surface area contributed by atoms with Crippen LogP contribution in [0.1, 0.15) is 37.3 Å². The van der Waals surface area contributed by atoms with Gasteiger partial charge in [0.05, 0.1) is 0 Å². The van der Waals surface area contributed by atoms with Crippen LogP contribution in [0.4, 0.5) is 0 Å². The Hall–Kier alpha value is -0.280. The van der Waals surface area contributed by atoms with Gasteiger partial charge in [0.15, 0.2) is 0 Å². The third-order valence-corrected chi connectivity index (χ3v) is 4.32.